The second-order valence-corrected chi connectivity index (χ2v) is 8.54. The lowest BCUT2D eigenvalue weighted by atomic mass is 9.92. The molecule has 1 aliphatic heterocycles. The summed E-state index contributed by atoms with van der Waals surface area (Å²) in [5, 5.41) is 6.30. The van der Waals surface area contributed by atoms with Gasteiger partial charge in [0.1, 0.15) is 5.82 Å². The number of hydrogen-bond donors (Lipinski definition) is 3. The van der Waals surface area contributed by atoms with Crippen LogP contribution >= 0.6 is 23.4 Å². The Morgan fingerprint density at radius 1 is 1.13 bits per heavy atom. The highest BCUT2D eigenvalue weighted by Gasteiger charge is 2.34. The molecule has 0 radical (unpaired) electrons. The maximum absolute atomic E-state index is 12.8. The summed E-state index contributed by atoms with van der Waals surface area (Å²) in [6, 6.07) is 16.6. The summed E-state index contributed by atoms with van der Waals surface area (Å²) < 4.78 is 0. The average Bonchev–Trinajstić information content (AvgIpc) is 2.75. The molecule has 1 aromatic heterocycles. The van der Waals surface area contributed by atoms with E-state index < -0.39 is 17.4 Å². The summed E-state index contributed by atoms with van der Waals surface area (Å²) >= 11 is 7.25. The largest absolute Gasteiger partial charge is 0.326 e. The van der Waals surface area contributed by atoms with E-state index in [1.165, 1.54) is 17.3 Å². The lowest BCUT2D eigenvalue weighted by Crippen LogP contribution is -2.36. The van der Waals surface area contributed by atoms with Crippen LogP contribution in [0, 0.1) is 0 Å². The van der Waals surface area contributed by atoms with Crippen LogP contribution in [0.4, 0.5) is 11.5 Å². The first-order valence-corrected chi connectivity index (χ1v) is 11.0. The van der Waals surface area contributed by atoms with Gasteiger partial charge in [-0.2, -0.15) is 0 Å². The summed E-state index contributed by atoms with van der Waals surface area (Å²) in [6.45, 7) is 0. The summed E-state index contributed by atoms with van der Waals surface area (Å²) in [5.41, 5.74) is 1.45. The van der Waals surface area contributed by atoms with E-state index in [2.05, 4.69) is 20.6 Å². The van der Waals surface area contributed by atoms with Crippen LogP contribution in [0.5, 0.6) is 0 Å². The zero-order valence-electron chi connectivity index (χ0n) is 16.4. The maximum Gasteiger partial charge on any atom is 0.257 e. The van der Waals surface area contributed by atoms with Crippen LogP contribution in [0.25, 0.3) is 0 Å². The third kappa shape index (κ3) is 5.15. The summed E-state index contributed by atoms with van der Waals surface area (Å²) in [5.74, 6) is -0.894. The van der Waals surface area contributed by atoms with Crippen molar-refractivity contribution in [3.05, 3.63) is 81.1 Å². The minimum absolute atomic E-state index is 0.127. The smallest absolute Gasteiger partial charge is 0.257 e. The highest BCUT2D eigenvalue weighted by atomic mass is 35.5. The van der Waals surface area contributed by atoms with Gasteiger partial charge in [-0.3, -0.25) is 14.4 Å². The first-order chi connectivity index (χ1) is 15.0. The van der Waals surface area contributed by atoms with E-state index in [0.29, 0.717) is 21.6 Å². The fourth-order valence-electron chi connectivity index (χ4n) is 3.32. The maximum atomic E-state index is 12.8. The van der Waals surface area contributed by atoms with Crippen molar-refractivity contribution in [2.75, 3.05) is 16.4 Å². The van der Waals surface area contributed by atoms with Gasteiger partial charge in [0.25, 0.3) is 5.56 Å². The Hall–Kier alpha value is -3.10. The fraction of sp³-hybridized carbons (Fsp3) is 0.182. The Labute approximate surface area is 187 Å². The molecule has 1 unspecified atom stereocenters. The van der Waals surface area contributed by atoms with Gasteiger partial charge in [-0.15, -0.1) is 0 Å². The number of carbonyl (C=O) groups is 2. The van der Waals surface area contributed by atoms with Crippen molar-refractivity contribution < 1.29 is 9.59 Å². The molecule has 2 heterocycles. The van der Waals surface area contributed by atoms with Gasteiger partial charge in [0.15, 0.2) is 5.16 Å². The molecule has 3 aromatic rings. The number of amides is 2. The topological polar surface area (TPSA) is 104 Å². The number of benzene rings is 2. The summed E-state index contributed by atoms with van der Waals surface area (Å²) in [6.07, 6.45) is 0.683. The van der Waals surface area contributed by atoms with Crippen molar-refractivity contribution in [3.8, 4) is 0 Å². The van der Waals surface area contributed by atoms with Crippen molar-refractivity contribution in [1.29, 1.82) is 0 Å². The van der Waals surface area contributed by atoms with Crippen LogP contribution in [0.3, 0.4) is 0 Å². The second-order valence-electron chi connectivity index (χ2n) is 7.02. The van der Waals surface area contributed by atoms with Crippen LogP contribution in [0.2, 0.25) is 5.02 Å². The average molecular weight is 455 g/mol. The molecule has 0 saturated heterocycles. The number of anilines is 2. The minimum atomic E-state index is -0.931. The molecule has 3 N–H and O–H groups in total. The SMILES string of the molecule is O=C1CC(C(=O)Nc2ccc(Cl)cc2)c2c(nc(SCCc3ccccc3)[nH]c2=O)N1. The number of aromatic amines is 1. The van der Waals surface area contributed by atoms with Gasteiger partial charge in [-0.25, -0.2) is 4.98 Å². The Morgan fingerprint density at radius 3 is 2.61 bits per heavy atom. The Morgan fingerprint density at radius 2 is 1.87 bits per heavy atom. The number of nitrogens with zero attached hydrogens (tertiary/aromatic N) is 1. The van der Waals surface area contributed by atoms with Gasteiger partial charge in [0.05, 0.1) is 11.5 Å². The highest BCUT2D eigenvalue weighted by Crippen LogP contribution is 2.30. The van der Waals surface area contributed by atoms with Gasteiger partial charge in [-0.05, 0) is 36.2 Å². The Bertz CT molecular complexity index is 1170. The second kappa shape index (κ2) is 9.36. The molecule has 4 rings (SSSR count). The van der Waals surface area contributed by atoms with Gasteiger partial charge in [0, 0.05) is 22.9 Å². The third-order valence-corrected chi connectivity index (χ3v) is 5.96. The fourth-order valence-corrected chi connectivity index (χ4v) is 4.29. The number of aryl methyl sites for hydroxylation is 1. The van der Waals surface area contributed by atoms with Crippen LogP contribution in [0.1, 0.15) is 23.5 Å². The quantitative estimate of drug-likeness (QED) is 0.388. The van der Waals surface area contributed by atoms with Crippen LogP contribution in [-0.4, -0.2) is 27.5 Å². The molecular formula is C22H19ClN4O3S. The molecular weight excluding hydrogens is 436 g/mol. The number of thioether (sulfide) groups is 1. The monoisotopic (exact) mass is 454 g/mol. The molecule has 1 atom stereocenters. The number of nitrogens with one attached hydrogen (secondary N) is 3. The van der Waals surface area contributed by atoms with E-state index >= 15 is 0 Å². The van der Waals surface area contributed by atoms with Crippen LogP contribution in [-0.2, 0) is 16.0 Å². The lowest BCUT2D eigenvalue weighted by molar-refractivity contribution is -0.123. The number of rotatable bonds is 6. The van der Waals surface area contributed by atoms with Crippen molar-refractivity contribution >= 4 is 46.7 Å². The lowest BCUT2D eigenvalue weighted by Gasteiger charge is -2.23. The molecule has 7 nitrogen and oxygen atoms in total. The van der Waals surface area contributed by atoms with E-state index in [4.69, 9.17) is 11.6 Å². The highest BCUT2D eigenvalue weighted by molar-refractivity contribution is 7.99. The first-order valence-electron chi connectivity index (χ1n) is 9.67. The van der Waals surface area contributed by atoms with E-state index in [1.807, 2.05) is 30.3 Å². The molecule has 0 aliphatic carbocycles. The van der Waals surface area contributed by atoms with Crippen LogP contribution in [0.15, 0.2) is 64.5 Å². The molecule has 0 bridgehead atoms. The predicted octanol–water partition coefficient (Wildman–Crippen LogP) is 3.82. The van der Waals surface area contributed by atoms with Crippen molar-refractivity contribution in [1.82, 2.24) is 9.97 Å². The number of hydrogen-bond acceptors (Lipinski definition) is 5. The van der Waals surface area contributed by atoms with Crippen LogP contribution < -0.4 is 16.2 Å². The van der Waals surface area contributed by atoms with E-state index in [9.17, 15) is 14.4 Å². The third-order valence-electron chi connectivity index (χ3n) is 4.83. The standard InChI is InChI=1S/C22H19ClN4O3S/c23-14-6-8-15(9-7-14)24-20(29)16-12-17(28)25-19-18(16)21(30)27-22(26-19)31-11-10-13-4-2-1-3-5-13/h1-9,16H,10-12H2,(H,24,29)(H2,25,26,27,28,30). The molecule has 158 valence electrons. The zero-order valence-corrected chi connectivity index (χ0v) is 17.9. The van der Waals surface area contributed by atoms with Crippen molar-refractivity contribution in [2.45, 2.75) is 23.9 Å². The Balaban J connectivity index is 1.51. The molecule has 9 heteroatoms. The number of carbonyl (C=O) groups excluding carboxylic acids is 2. The molecule has 0 spiro atoms. The normalized spacial score (nSPS) is 15.1. The molecule has 2 aromatic carbocycles. The number of fused-ring (bicyclic) bond motifs is 1. The number of aromatic nitrogens is 2. The molecule has 0 fully saturated rings. The molecule has 31 heavy (non-hydrogen) atoms. The summed E-state index contributed by atoms with van der Waals surface area (Å²) in [4.78, 5) is 44.9. The van der Waals surface area contributed by atoms with Gasteiger partial charge >= 0.3 is 0 Å². The number of halogens is 1. The van der Waals surface area contributed by atoms with Gasteiger partial charge in [-0.1, -0.05) is 53.7 Å². The van der Waals surface area contributed by atoms with Crippen molar-refractivity contribution in [2.24, 2.45) is 0 Å². The molecule has 1 aliphatic rings. The van der Waals surface area contributed by atoms with E-state index in [0.717, 1.165) is 6.42 Å². The van der Waals surface area contributed by atoms with Gasteiger partial charge < -0.3 is 15.6 Å². The predicted molar refractivity (Wildman–Crippen MR) is 122 cm³/mol. The molecule has 2 amide bonds. The minimum Gasteiger partial charge on any atom is -0.326 e. The Kier molecular flexibility index (Phi) is 6.39. The molecule has 0 saturated carbocycles. The van der Waals surface area contributed by atoms with E-state index in [-0.39, 0.29) is 23.7 Å². The van der Waals surface area contributed by atoms with E-state index in [1.54, 1.807) is 24.3 Å². The first kappa shape index (κ1) is 21.1. The zero-order chi connectivity index (χ0) is 21.8. The summed E-state index contributed by atoms with van der Waals surface area (Å²) in [7, 11) is 0. The van der Waals surface area contributed by atoms with Gasteiger partial charge in [0.2, 0.25) is 11.8 Å². The van der Waals surface area contributed by atoms with Crippen molar-refractivity contribution in [3.63, 3.8) is 0 Å². The number of H-pyrrole nitrogens is 1.